The van der Waals surface area contributed by atoms with Crippen LogP contribution in [0, 0.1) is 0 Å². The molecule has 0 spiro atoms. The van der Waals surface area contributed by atoms with Crippen LogP contribution in [0.2, 0.25) is 0 Å². The van der Waals surface area contributed by atoms with Crippen LogP contribution in [0.3, 0.4) is 0 Å². The summed E-state index contributed by atoms with van der Waals surface area (Å²) in [7, 11) is 0. The largest absolute Gasteiger partial charge is 0.379 e. The van der Waals surface area contributed by atoms with Crippen LogP contribution in [0.1, 0.15) is 79.1 Å². The highest BCUT2D eigenvalue weighted by Crippen LogP contribution is 2.37. The number of rotatable bonds is 19. The van der Waals surface area contributed by atoms with Gasteiger partial charge in [-0.25, -0.2) is 0 Å². The van der Waals surface area contributed by atoms with E-state index in [1.165, 1.54) is 4.90 Å². The summed E-state index contributed by atoms with van der Waals surface area (Å²) in [6.07, 6.45) is 7.73. The Labute approximate surface area is 212 Å². The molecule has 0 amide bonds. The molecule has 2 unspecified atom stereocenters. The third-order valence-electron chi connectivity index (χ3n) is 5.94. The maximum absolute atomic E-state index is 6.70. The Morgan fingerprint density at radius 1 is 0.676 bits per heavy atom. The Hall–Kier alpha value is -0.630. The minimum absolute atomic E-state index is 0.184. The maximum Gasteiger partial charge on any atom is 0.137 e. The average molecular weight is 497 g/mol. The summed E-state index contributed by atoms with van der Waals surface area (Å²) in [5.74, 6) is 0. The van der Waals surface area contributed by atoms with Gasteiger partial charge < -0.3 is 23.7 Å². The lowest BCUT2D eigenvalue weighted by atomic mass is 9.99. The zero-order chi connectivity index (χ0) is 24.4. The van der Waals surface area contributed by atoms with Gasteiger partial charge in [0.25, 0.3) is 0 Å². The topological polar surface area (TPSA) is 46.2 Å². The van der Waals surface area contributed by atoms with Gasteiger partial charge in [-0.3, -0.25) is 0 Å². The van der Waals surface area contributed by atoms with Gasteiger partial charge in [-0.2, -0.15) is 0 Å². The Morgan fingerprint density at radius 3 is 1.79 bits per heavy atom. The van der Waals surface area contributed by atoms with Crippen LogP contribution in [0.25, 0.3) is 0 Å². The number of hydrogen-bond acceptors (Lipinski definition) is 6. The van der Waals surface area contributed by atoms with Crippen LogP contribution < -0.4 is 0 Å². The van der Waals surface area contributed by atoms with Crippen molar-refractivity contribution in [2.24, 2.45) is 0 Å². The molecular weight excluding hydrogens is 448 g/mol. The molecule has 1 aromatic rings. The Bertz CT molecular complexity index is 602. The third-order valence-corrected chi connectivity index (χ3v) is 7.09. The molecule has 196 valence electrons. The number of thioether (sulfide) groups is 1. The van der Waals surface area contributed by atoms with Gasteiger partial charge in [-0.15, -0.1) is 0 Å². The van der Waals surface area contributed by atoms with Crippen molar-refractivity contribution in [1.82, 2.24) is 0 Å². The number of benzene rings is 1. The van der Waals surface area contributed by atoms with Crippen molar-refractivity contribution >= 4 is 11.8 Å². The van der Waals surface area contributed by atoms with Crippen LogP contribution in [-0.4, -0.2) is 62.9 Å². The van der Waals surface area contributed by atoms with Crippen molar-refractivity contribution in [3.63, 3.8) is 0 Å². The van der Waals surface area contributed by atoms with Crippen LogP contribution >= 0.6 is 11.8 Å². The minimum Gasteiger partial charge on any atom is -0.379 e. The second-order valence-electron chi connectivity index (χ2n) is 8.97. The summed E-state index contributed by atoms with van der Waals surface area (Å²) in [5.41, 5.74) is -0.184. The molecule has 1 aliphatic heterocycles. The molecule has 1 fully saturated rings. The van der Waals surface area contributed by atoms with E-state index in [1.807, 2.05) is 6.07 Å². The van der Waals surface area contributed by atoms with Gasteiger partial charge in [-0.1, -0.05) is 83.3 Å². The first-order valence-electron chi connectivity index (χ1n) is 13.5. The smallest absolute Gasteiger partial charge is 0.137 e. The summed E-state index contributed by atoms with van der Waals surface area (Å²) < 4.78 is 32.2. The van der Waals surface area contributed by atoms with Crippen molar-refractivity contribution in [3.05, 3.63) is 30.3 Å². The van der Waals surface area contributed by atoms with Crippen molar-refractivity contribution < 1.29 is 23.7 Å². The SMILES string of the molecule is CCCCOCC1O[C@@H](Sc2ccccc2)[C@@H](OCCCC)C(OCCCC)[C@H]1OCCCC. The molecule has 0 aromatic heterocycles. The quantitative estimate of drug-likeness (QED) is 0.195. The molecule has 0 aliphatic carbocycles. The normalized spacial score (nSPS) is 25.0. The highest BCUT2D eigenvalue weighted by molar-refractivity contribution is 7.99. The van der Waals surface area contributed by atoms with E-state index in [9.17, 15) is 0 Å². The van der Waals surface area contributed by atoms with Crippen molar-refractivity contribution in [3.8, 4) is 0 Å². The lowest BCUT2D eigenvalue weighted by Crippen LogP contribution is -2.60. The molecule has 0 bridgehead atoms. The Morgan fingerprint density at radius 2 is 1.21 bits per heavy atom. The van der Waals surface area contributed by atoms with Crippen molar-refractivity contribution in [2.75, 3.05) is 33.0 Å². The summed E-state index contributed by atoms with van der Waals surface area (Å²) in [6.45, 7) is 12.1. The van der Waals surface area contributed by atoms with E-state index in [1.54, 1.807) is 11.8 Å². The van der Waals surface area contributed by atoms with Gasteiger partial charge in [0.2, 0.25) is 0 Å². The van der Waals surface area contributed by atoms with Crippen LogP contribution in [0.15, 0.2) is 35.2 Å². The fourth-order valence-electron chi connectivity index (χ4n) is 3.85. The predicted molar refractivity (Wildman–Crippen MR) is 141 cm³/mol. The molecule has 0 N–H and O–H groups in total. The molecule has 5 nitrogen and oxygen atoms in total. The molecule has 0 saturated carbocycles. The van der Waals surface area contributed by atoms with Gasteiger partial charge in [0, 0.05) is 31.3 Å². The zero-order valence-electron chi connectivity index (χ0n) is 21.9. The number of hydrogen-bond donors (Lipinski definition) is 0. The lowest BCUT2D eigenvalue weighted by Gasteiger charge is -2.46. The fourth-order valence-corrected chi connectivity index (χ4v) is 4.99. The van der Waals surface area contributed by atoms with E-state index >= 15 is 0 Å². The summed E-state index contributed by atoms with van der Waals surface area (Å²) in [6, 6.07) is 10.4. The first-order valence-corrected chi connectivity index (χ1v) is 14.4. The highest BCUT2D eigenvalue weighted by atomic mass is 32.2. The molecular formula is C28H48O5S. The van der Waals surface area contributed by atoms with Crippen molar-refractivity contribution in [1.29, 1.82) is 0 Å². The highest BCUT2D eigenvalue weighted by Gasteiger charge is 2.48. The first kappa shape index (κ1) is 29.6. The van der Waals surface area contributed by atoms with Gasteiger partial charge in [0.05, 0.1) is 6.61 Å². The molecule has 2 rings (SSSR count). The molecule has 1 saturated heterocycles. The molecule has 34 heavy (non-hydrogen) atoms. The Kier molecular flexibility index (Phi) is 16.2. The van der Waals surface area contributed by atoms with E-state index in [4.69, 9.17) is 23.7 Å². The standard InChI is InChI=1S/C28H48O5S/c1-5-9-18-29-22-24-25(30-19-10-6-2)26(31-20-11-7-3)27(32-21-12-8-4)28(33-24)34-23-16-14-13-15-17-23/h13-17,24-28H,5-12,18-22H2,1-4H3/t24?,25-,26?,27-,28-/m0/s1. The molecule has 1 aromatic carbocycles. The first-order chi connectivity index (χ1) is 16.7. The lowest BCUT2D eigenvalue weighted by molar-refractivity contribution is -0.247. The second kappa shape index (κ2) is 18.6. The molecule has 5 atom stereocenters. The predicted octanol–water partition coefficient (Wildman–Crippen LogP) is 6.88. The number of ether oxygens (including phenoxy) is 5. The van der Waals surface area contributed by atoms with Gasteiger partial charge in [0.1, 0.15) is 29.9 Å². The van der Waals surface area contributed by atoms with Crippen LogP contribution in [0.5, 0.6) is 0 Å². The van der Waals surface area contributed by atoms with Gasteiger partial charge in [0.15, 0.2) is 0 Å². The van der Waals surface area contributed by atoms with Crippen LogP contribution in [0.4, 0.5) is 0 Å². The number of unbranched alkanes of at least 4 members (excludes halogenated alkanes) is 4. The molecule has 1 heterocycles. The second-order valence-corrected chi connectivity index (χ2v) is 10.1. The minimum atomic E-state index is -0.204. The summed E-state index contributed by atoms with van der Waals surface area (Å²) in [5, 5.41) is 0. The fraction of sp³-hybridized carbons (Fsp3) is 0.786. The molecule has 0 radical (unpaired) electrons. The van der Waals surface area contributed by atoms with E-state index in [2.05, 4.69) is 52.0 Å². The van der Waals surface area contributed by atoms with E-state index < -0.39 is 0 Å². The molecule has 1 aliphatic rings. The van der Waals surface area contributed by atoms with E-state index in [-0.39, 0.29) is 29.9 Å². The van der Waals surface area contributed by atoms with Crippen molar-refractivity contribution in [2.45, 2.75) is 114 Å². The van der Waals surface area contributed by atoms with E-state index in [0.717, 1.165) is 58.0 Å². The summed E-state index contributed by atoms with van der Waals surface area (Å²) >= 11 is 1.71. The molecule has 6 heteroatoms. The monoisotopic (exact) mass is 496 g/mol. The van der Waals surface area contributed by atoms with Gasteiger partial charge in [-0.05, 0) is 37.8 Å². The average Bonchev–Trinajstić information content (AvgIpc) is 2.85. The van der Waals surface area contributed by atoms with E-state index in [0.29, 0.717) is 26.4 Å². The maximum atomic E-state index is 6.70. The Balaban J connectivity index is 2.27. The van der Waals surface area contributed by atoms with Gasteiger partial charge >= 0.3 is 0 Å². The third kappa shape index (κ3) is 10.5. The zero-order valence-corrected chi connectivity index (χ0v) is 22.7. The van der Waals surface area contributed by atoms with Crippen LogP contribution in [-0.2, 0) is 23.7 Å². The summed E-state index contributed by atoms with van der Waals surface area (Å²) in [4.78, 5) is 1.17.